The zero-order valence-electron chi connectivity index (χ0n) is 19.9. The lowest BCUT2D eigenvalue weighted by Gasteiger charge is -2.30. The number of anilines is 1. The van der Waals surface area contributed by atoms with Crippen LogP contribution >= 0.6 is 0 Å². The molecule has 0 unspecified atom stereocenters. The first-order chi connectivity index (χ1) is 16.2. The van der Waals surface area contributed by atoms with Gasteiger partial charge in [-0.25, -0.2) is 13.1 Å². The summed E-state index contributed by atoms with van der Waals surface area (Å²) in [6, 6.07) is 12.6. The van der Waals surface area contributed by atoms with Crippen molar-refractivity contribution in [3.8, 4) is 0 Å². The summed E-state index contributed by atoms with van der Waals surface area (Å²) >= 11 is 0. The molecule has 2 heterocycles. The summed E-state index contributed by atoms with van der Waals surface area (Å²) in [5.41, 5.74) is 3.58. The molecule has 0 aliphatic carbocycles. The third-order valence-corrected chi connectivity index (χ3v) is 8.23. The molecule has 0 saturated carbocycles. The summed E-state index contributed by atoms with van der Waals surface area (Å²) in [6.45, 7) is 6.45. The van der Waals surface area contributed by atoms with Crippen LogP contribution in [0.4, 0.5) is 5.69 Å². The van der Waals surface area contributed by atoms with Crippen LogP contribution in [0.3, 0.4) is 0 Å². The van der Waals surface area contributed by atoms with Crippen LogP contribution in [0.15, 0.2) is 47.4 Å². The largest absolute Gasteiger partial charge is 0.343 e. The summed E-state index contributed by atoms with van der Waals surface area (Å²) < 4.78 is 28.3. The quantitative estimate of drug-likeness (QED) is 0.654. The van der Waals surface area contributed by atoms with Gasteiger partial charge >= 0.3 is 0 Å². The van der Waals surface area contributed by atoms with Gasteiger partial charge in [0.15, 0.2) is 0 Å². The number of benzene rings is 2. The van der Waals surface area contributed by atoms with Gasteiger partial charge in [0.1, 0.15) is 0 Å². The number of likely N-dealkylation sites (tertiary alicyclic amines) is 1. The normalized spacial score (nSPS) is 16.5. The second kappa shape index (κ2) is 10.3. The minimum absolute atomic E-state index is 0.0424. The van der Waals surface area contributed by atoms with E-state index in [1.54, 1.807) is 23.1 Å². The molecule has 0 atom stereocenters. The Bertz CT molecular complexity index is 1150. The Balaban J connectivity index is 1.35. The van der Waals surface area contributed by atoms with Crippen molar-refractivity contribution in [1.29, 1.82) is 0 Å². The molecule has 182 valence electrons. The molecule has 0 bridgehead atoms. The van der Waals surface area contributed by atoms with Gasteiger partial charge in [0, 0.05) is 44.7 Å². The summed E-state index contributed by atoms with van der Waals surface area (Å²) in [7, 11) is -3.67. The maximum atomic E-state index is 12.8. The van der Waals surface area contributed by atoms with Crippen molar-refractivity contribution >= 4 is 27.5 Å². The first kappa shape index (κ1) is 24.4. The van der Waals surface area contributed by atoms with E-state index in [2.05, 4.69) is 11.6 Å². The highest BCUT2D eigenvalue weighted by molar-refractivity contribution is 7.89. The lowest BCUT2D eigenvalue weighted by Crippen LogP contribution is -2.38. The number of carbonyl (C=O) groups excluding carboxylic acids is 2. The van der Waals surface area contributed by atoms with Gasteiger partial charge in [-0.15, -0.1) is 0 Å². The summed E-state index contributed by atoms with van der Waals surface area (Å²) in [5, 5.41) is 0. The average Bonchev–Trinajstić information content (AvgIpc) is 3.26. The summed E-state index contributed by atoms with van der Waals surface area (Å²) in [6.07, 6.45) is 3.02. The number of rotatable bonds is 7. The second-order valence-corrected chi connectivity index (χ2v) is 11.2. The molecular formula is C26H33N3O4S. The number of fused-ring (bicyclic) bond motifs is 1. The van der Waals surface area contributed by atoms with Crippen molar-refractivity contribution < 1.29 is 18.0 Å². The van der Waals surface area contributed by atoms with Crippen LogP contribution < -0.4 is 9.62 Å². The Kier molecular flexibility index (Phi) is 7.38. The lowest BCUT2D eigenvalue weighted by atomic mass is 9.99. The van der Waals surface area contributed by atoms with Crippen LogP contribution in [0.2, 0.25) is 0 Å². The molecule has 8 heteroatoms. The van der Waals surface area contributed by atoms with Crippen molar-refractivity contribution in [2.45, 2.75) is 57.4 Å². The lowest BCUT2D eigenvalue weighted by molar-refractivity contribution is -0.134. The van der Waals surface area contributed by atoms with Crippen molar-refractivity contribution in [2.24, 2.45) is 5.92 Å². The van der Waals surface area contributed by atoms with Gasteiger partial charge in [-0.2, -0.15) is 0 Å². The fourth-order valence-electron chi connectivity index (χ4n) is 4.54. The first-order valence-electron chi connectivity index (χ1n) is 12.0. The highest BCUT2D eigenvalue weighted by Crippen LogP contribution is 2.31. The van der Waals surface area contributed by atoms with Crippen molar-refractivity contribution in [2.75, 3.05) is 24.5 Å². The number of hydrogen-bond donors (Lipinski definition) is 1. The zero-order valence-corrected chi connectivity index (χ0v) is 20.7. The number of piperidine rings is 1. The number of carbonyl (C=O) groups is 2. The molecule has 1 saturated heterocycles. The Morgan fingerprint density at radius 1 is 0.971 bits per heavy atom. The molecule has 2 aliphatic heterocycles. The SMILES string of the molecule is Cc1ccc(CNS(=O)(=O)c2ccc3c(c2)CCN3C(=O)CCC(=O)N2CCC(C)CC2)cc1. The predicted octanol–water partition coefficient (Wildman–Crippen LogP) is 3.40. The first-order valence-corrected chi connectivity index (χ1v) is 13.5. The van der Waals surface area contributed by atoms with E-state index < -0.39 is 10.0 Å². The molecule has 0 aromatic heterocycles. The monoisotopic (exact) mass is 483 g/mol. The van der Waals surface area contributed by atoms with Gasteiger partial charge < -0.3 is 9.80 Å². The Labute approximate surface area is 202 Å². The summed E-state index contributed by atoms with van der Waals surface area (Å²) in [5.74, 6) is 0.602. The summed E-state index contributed by atoms with van der Waals surface area (Å²) in [4.78, 5) is 29.1. The molecular weight excluding hydrogens is 450 g/mol. The minimum Gasteiger partial charge on any atom is -0.343 e. The molecule has 34 heavy (non-hydrogen) atoms. The van der Waals surface area contributed by atoms with Gasteiger partial charge in [-0.05, 0) is 61.4 Å². The van der Waals surface area contributed by atoms with Crippen molar-refractivity contribution in [3.63, 3.8) is 0 Å². The van der Waals surface area contributed by atoms with E-state index in [1.807, 2.05) is 36.1 Å². The van der Waals surface area contributed by atoms with Gasteiger partial charge in [-0.3, -0.25) is 9.59 Å². The van der Waals surface area contributed by atoms with E-state index in [0.29, 0.717) is 18.9 Å². The predicted molar refractivity (Wildman–Crippen MR) is 132 cm³/mol. The van der Waals surface area contributed by atoms with E-state index in [0.717, 1.165) is 48.3 Å². The average molecular weight is 484 g/mol. The smallest absolute Gasteiger partial charge is 0.240 e. The van der Waals surface area contributed by atoms with E-state index in [1.165, 1.54) is 0 Å². The molecule has 0 spiro atoms. The molecule has 7 nitrogen and oxygen atoms in total. The number of aryl methyl sites for hydroxylation is 1. The highest BCUT2D eigenvalue weighted by Gasteiger charge is 2.28. The third kappa shape index (κ3) is 5.67. The number of amides is 2. The van der Waals surface area contributed by atoms with Crippen LogP contribution in [0, 0.1) is 12.8 Å². The molecule has 1 fully saturated rings. The Morgan fingerprint density at radius 3 is 2.35 bits per heavy atom. The van der Waals surface area contributed by atoms with E-state index in [-0.39, 0.29) is 36.1 Å². The third-order valence-electron chi connectivity index (χ3n) is 6.83. The van der Waals surface area contributed by atoms with Gasteiger partial charge in [0.05, 0.1) is 4.90 Å². The van der Waals surface area contributed by atoms with E-state index in [9.17, 15) is 18.0 Å². The number of nitrogens with zero attached hydrogens (tertiary/aromatic N) is 2. The van der Waals surface area contributed by atoms with Crippen molar-refractivity contribution in [1.82, 2.24) is 9.62 Å². The van der Waals surface area contributed by atoms with Crippen LogP contribution in [0.5, 0.6) is 0 Å². The van der Waals surface area contributed by atoms with Crippen LogP contribution in [-0.4, -0.2) is 44.8 Å². The van der Waals surface area contributed by atoms with Crippen LogP contribution in [-0.2, 0) is 32.6 Å². The number of sulfonamides is 1. The fourth-order valence-corrected chi connectivity index (χ4v) is 5.60. The Morgan fingerprint density at radius 2 is 1.65 bits per heavy atom. The molecule has 4 rings (SSSR count). The topological polar surface area (TPSA) is 86.8 Å². The van der Waals surface area contributed by atoms with Crippen LogP contribution in [0.25, 0.3) is 0 Å². The van der Waals surface area contributed by atoms with Crippen molar-refractivity contribution in [3.05, 3.63) is 59.2 Å². The standard InChI is InChI=1S/C26H33N3O4S/c1-19-3-5-21(6-4-19)18-27-34(32,33)23-7-8-24-22(17-23)13-16-29(24)26(31)10-9-25(30)28-14-11-20(2)12-15-28/h3-8,17,20,27H,9-16,18H2,1-2H3. The number of hydrogen-bond acceptors (Lipinski definition) is 4. The molecule has 1 N–H and O–H groups in total. The molecule has 2 aromatic carbocycles. The number of nitrogens with one attached hydrogen (secondary N) is 1. The molecule has 2 aliphatic rings. The fraction of sp³-hybridized carbons (Fsp3) is 0.462. The van der Waals surface area contributed by atoms with Gasteiger partial charge in [0.25, 0.3) is 0 Å². The maximum Gasteiger partial charge on any atom is 0.240 e. The van der Waals surface area contributed by atoms with Gasteiger partial charge in [0.2, 0.25) is 21.8 Å². The second-order valence-electron chi connectivity index (χ2n) is 9.46. The minimum atomic E-state index is -3.67. The zero-order chi connectivity index (χ0) is 24.3. The molecule has 0 radical (unpaired) electrons. The Hall–Kier alpha value is -2.71. The molecule has 2 amide bonds. The van der Waals surface area contributed by atoms with Crippen LogP contribution in [0.1, 0.15) is 49.3 Å². The maximum absolute atomic E-state index is 12.8. The van der Waals surface area contributed by atoms with E-state index in [4.69, 9.17) is 0 Å². The molecule has 2 aromatic rings. The van der Waals surface area contributed by atoms with E-state index >= 15 is 0 Å². The highest BCUT2D eigenvalue weighted by atomic mass is 32.2. The van der Waals surface area contributed by atoms with Gasteiger partial charge in [-0.1, -0.05) is 36.8 Å².